The van der Waals surface area contributed by atoms with Crippen LogP contribution in [0.4, 0.5) is 5.82 Å². The molecule has 0 N–H and O–H groups in total. The Labute approximate surface area is 127 Å². The Morgan fingerprint density at radius 3 is 2.67 bits per heavy atom. The monoisotopic (exact) mass is 290 g/mol. The fourth-order valence-electron chi connectivity index (χ4n) is 2.49. The van der Waals surface area contributed by atoms with Crippen LogP contribution in [-0.2, 0) is 11.3 Å². The lowest BCUT2D eigenvalue weighted by molar-refractivity contribution is -0.139. The number of carbonyl (C=O) groups excluding carboxylic acids is 1. The summed E-state index contributed by atoms with van der Waals surface area (Å²) in [5.41, 5.74) is 1.15. The average Bonchev–Trinajstić information content (AvgIpc) is 2.48. The van der Waals surface area contributed by atoms with Gasteiger partial charge in [0.15, 0.2) is 0 Å². The Morgan fingerprint density at radius 1 is 1.38 bits per heavy atom. The standard InChI is InChI=1S/C16H26N4O/c1-12(2)19(5)15-7-6-14(10-17-15)11-20-9-8-18(4)16(21)13(20)3/h6-7,10,12-13H,8-9,11H2,1-5H3. The van der Waals surface area contributed by atoms with Crippen LogP contribution in [-0.4, -0.2) is 60.0 Å². The molecule has 1 amide bonds. The number of amides is 1. The Hall–Kier alpha value is -1.62. The molecule has 1 aliphatic rings. The second-order valence-corrected chi connectivity index (χ2v) is 6.14. The van der Waals surface area contributed by atoms with Crippen LogP contribution in [0.3, 0.4) is 0 Å². The molecule has 0 saturated carbocycles. The van der Waals surface area contributed by atoms with Crippen LogP contribution in [0.15, 0.2) is 18.3 Å². The van der Waals surface area contributed by atoms with E-state index in [0.29, 0.717) is 6.04 Å². The van der Waals surface area contributed by atoms with Crippen LogP contribution in [0.1, 0.15) is 26.3 Å². The van der Waals surface area contributed by atoms with E-state index in [9.17, 15) is 4.79 Å². The molecule has 1 aliphatic heterocycles. The molecule has 0 radical (unpaired) electrons. The van der Waals surface area contributed by atoms with Gasteiger partial charge in [-0.1, -0.05) is 6.07 Å². The summed E-state index contributed by atoms with van der Waals surface area (Å²) in [6.45, 7) is 8.76. The van der Waals surface area contributed by atoms with Crippen LogP contribution in [0.5, 0.6) is 0 Å². The zero-order chi connectivity index (χ0) is 15.6. The number of rotatable bonds is 4. The van der Waals surface area contributed by atoms with Crippen LogP contribution >= 0.6 is 0 Å². The minimum atomic E-state index is -0.0539. The predicted molar refractivity (Wildman–Crippen MR) is 85.3 cm³/mol. The molecule has 21 heavy (non-hydrogen) atoms. The van der Waals surface area contributed by atoms with E-state index in [1.807, 2.05) is 27.2 Å². The van der Waals surface area contributed by atoms with Gasteiger partial charge in [-0.25, -0.2) is 4.98 Å². The highest BCUT2D eigenvalue weighted by Gasteiger charge is 2.29. The smallest absolute Gasteiger partial charge is 0.239 e. The van der Waals surface area contributed by atoms with Crippen LogP contribution in [0.25, 0.3) is 0 Å². The molecule has 2 heterocycles. The molecule has 1 fully saturated rings. The third kappa shape index (κ3) is 3.53. The zero-order valence-corrected chi connectivity index (χ0v) is 13.7. The molecule has 1 saturated heterocycles. The summed E-state index contributed by atoms with van der Waals surface area (Å²) in [6, 6.07) is 4.54. The van der Waals surface area contributed by atoms with Crippen molar-refractivity contribution in [3.8, 4) is 0 Å². The molecule has 2 rings (SSSR count). The highest BCUT2D eigenvalue weighted by Crippen LogP contribution is 2.16. The van der Waals surface area contributed by atoms with E-state index in [1.165, 1.54) is 0 Å². The fourth-order valence-corrected chi connectivity index (χ4v) is 2.49. The van der Waals surface area contributed by atoms with Crippen molar-refractivity contribution in [2.75, 3.05) is 32.1 Å². The maximum Gasteiger partial charge on any atom is 0.239 e. The Kier molecular flexibility index (Phi) is 4.83. The quantitative estimate of drug-likeness (QED) is 0.844. The maximum atomic E-state index is 12.0. The van der Waals surface area contributed by atoms with Crippen molar-refractivity contribution in [1.29, 1.82) is 0 Å². The van der Waals surface area contributed by atoms with Gasteiger partial charge in [-0.3, -0.25) is 9.69 Å². The first-order valence-corrected chi connectivity index (χ1v) is 7.57. The molecular formula is C16H26N4O. The first-order valence-electron chi connectivity index (χ1n) is 7.57. The fraction of sp³-hybridized carbons (Fsp3) is 0.625. The molecular weight excluding hydrogens is 264 g/mol. The number of nitrogens with zero attached hydrogens (tertiary/aromatic N) is 4. The van der Waals surface area contributed by atoms with Crippen molar-refractivity contribution in [2.45, 2.75) is 39.4 Å². The molecule has 1 aromatic rings. The van der Waals surface area contributed by atoms with Crippen molar-refractivity contribution in [1.82, 2.24) is 14.8 Å². The topological polar surface area (TPSA) is 39.7 Å². The Bertz CT molecular complexity index is 486. The summed E-state index contributed by atoms with van der Waals surface area (Å²) in [5, 5.41) is 0. The van der Waals surface area contributed by atoms with Crippen molar-refractivity contribution in [3.05, 3.63) is 23.9 Å². The number of pyridine rings is 1. The summed E-state index contributed by atoms with van der Waals surface area (Å²) in [7, 11) is 3.92. The SMILES string of the molecule is CC1C(=O)N(C)CCN1Cc1ccc(N(C)C(C)C)nc1. The summed E-state index contributed by atoms with van der Waals surface area (Å²) in [4.78, 5) is 22.7. The summed E-state index contributed by atoms with van der Waals surface area (Å²) in [6.07, 6.45) is 1.92. The normalized spacial score (nSPS) is 20.2. The van der Waals surface area contributed by atoms with Gasteiger partial charge in [0.1, 0.15) is 5.82 Å². The molecule has 0 aliphatic carbocycles. The number of carbonyl (C=O) groups is 1. The molecule has 0 spiro atoms. The van der Waals surface area contributed by atoms with Gasteiger partial charge in [-0.15, -0.1) is 0 Å². The van der Waals surface area contributed by atoms with Crippen molar-refractivity contribution < 1.29 is 4.79 Å². The summed E-state index contributed by atoms with van der Waals surface area (Å²) < 4.78 is 0. The lowest BCUT2D eigenvalue weighted by Crippen LogP contribution is -2.53. The van der Waals surface area contributed by atoms with Gasteiger partial charge in [0.2, 0.25) is 5.91 Å². The van der Waals surface area contributed by atoms with E-state index >= 15 is 0 Å². The third-order valence-corrected chi connectivity index (χ3v) is 4.33. The molecule has 0 bridgehead atoms. The van der Waals surface area contributed by atoms with Crippen molar-refractivity contribution in [2.24, 2.45) is 0 Å². The van der Waals surface area contributed by atoms with Gasteiger partial charge < -0.3 is 9.80 Å². The van der Waals surface area contributed by atoms with E-state index in [4.69, 9.17) is 0 Å². The van der Waals surface area contributed by atoms with Crippen molar-refractivity contribution >= 4 is 11.7 Å². The van der Waals surface area contributed by atoms with Gasteiger partial charge in [0.05, 0.1) is 6.04 Å². The largest absolute Gasteiger partial charge is 0.357 e. The van der Waals surface area contributed by atoms with Gasteiger partial charge in [-0.2, -0.15) is 0 Å². The molecule has 5 nitrogen and oxygen atoms in total. The predicted octanol–water partition coefficient (Wildman–Crippen LogP) is 1.59. The minimum absolute atomic E-state index is 0.0539. The van der Waals surface area contributed by atoms with Crippen LogP contribution in [0, 0.1) is 0 Å². The third-order valence-electron chi connectivity index (χ3n) is 4.33. The molecule has 1 atom stereocenters. The average molecular weight is 290 g/mol. The van der Waals surface area contributed by atoms with Gasteiger partial charge in [-0.05, 0) is 32.4 Å². The summed E-state index contributed by atoms with van der Waals surface area (Å²) >= 11 is 0. The number of aromatic nitrogens is 1. The lowest BCUT2D eigenvalue weighted by Gasteiger charge is -2.37. The second-order valence-electron chi connectivity index (χ2n) is 6.14. The Balaban J connectivity index is 2.02. The highest BCUT2D eigenvalue weighted by atomic mass is 16.2. The number of anilines is 1. The highest BCUT2D eigenvalue weighted by molar-refractivity contribution is 5.81. The first kappa shape index (κ1) is 15.8. The minimum Gasteiger partial charge on any atom is -0.357 e. The van der Waals surface area contributed by atoms with Gasteiger partial charge >= 0.3 is 0 Å². The van der Waals surface area contributed by atoms with Crippen LogP contribution < -0.4 is 4.90 Å². The van der Waals surface area contributed by atoms with E-state index in [1.54, 1.807) is 4.90 Å². The number of piperazine rings is 1. The van der Waals surface area contributed by atoms with Gasteiger partial charge in [0.25, 0.3) is 0 Å². The summed E-state index contributed by atoms with van der Waals surface area (Å²) in [5.74, 6) is 1.18. The molecule has 5 heteroatoms. The maximum absolute atomic E-state index is 12.0. The van der Waals surface area contributed by atoms with E-state index in [0.717, 1.165) is 31.0 Å². The second kappa shape index (κ2) is 6.43. The van der Waals surface area contributed by atoms with Crippen molar-refractivity contribution in [3.63, 3.8) is 0 Å². The van der Waals surface area contributed by atoms with E-state index in [-0.39, 0.29) is 11.9 Å². The molecule has 1 aromatic heterocycles. The van der Waals surface area contributed by atoms with Crippen LogP contribution in [0.2, 0.25) is 0 Å². The molecule has 116 valence electrons. The van der Waals surface area contributed by atoms with E-state index < -0.39 is 0 Å². The first-order chi connectivity index (χ1) is 9.90. The number of likely N-dealkylation sites (N-methyl/N-ethyl adjacent to an activating group) is 1. The number of hydrogen-bond donors (Lipinski definition) is 0. The molecule has 0 aromatic carbocycles. The Morgan fingerprint density at radius 2 is 2.10 bits per heavy atom. The number of hydrogen-bond acceptors (Lipinski definition) is 4. The lowest BCUT2D eigenvalue weighted by atomic mass is 10.1. The van der Waals surface area contributed by atoms with Gasteiger partial charge in [0, 0.05) is 46.0 Å². The van der Waals surface area contributed by atoms with E-state index in [2.05, 4.69) is 40.8 Å². The zero-order valence-electron chi connectivity index (χ0n) is 13.7. The molecule has 1 unspecified atom stereocenters.